The zero-order chi connectivity index (χ0) is 13.0. The second-order valence-corrected chi connectivity index (χ2v) is 2.94. The zero-order valence-electron chi connectivity index (χ0n) is 8.68. The first-order valence-electron chi connectivity index (χ1n) is 4.38. The van der Waals surface area contributed by atoms with Crippen molar-refractivity contribution in [2.24, 2.45) is 0 Å². The molecule has 90 valence electrons. The summed E-state index contributed by atoms with van der Waals surface area (Å²) in [5.74, 6) is -1.02. The normalized spacial score (nSPS) is 10.1. The highest BCUT2D eigenvalue weighted by molar-refractivity contribution is 5.49. The molecular weight excluding hydrogens is 236 g/mol. The van der Waals surface area contributed by atoms with Crippen LogP contribution in [0, 0.1) is 21.4 Å². The van der Waals surface area contributed by atoms with Gasteiger partial charge in [0.15, 0.2) is 11.9 Å². The number of halogens is 2. The first-order valence-corrected chi connectivity index (χ1v) is 4.38. The van der Waals surface area contributed by atoms with Crippen LogP contribution in [0.15, 0.2) is 6.20 Å². The highest BCUT2D eigenvalue weighted by Gasteiger charge is 2.28. The number of rotatable bonds is 4. The average Bonchev–Trinajstić information content (AvgIpc) is 2.27. The first kappa shape index (κ1) is 12.8. The van der Waals surface area contributed by atoms with E-state index in [0.717, 1.165) is 13.3 Å². The van der Waals surface area contributed by atoms with Crippen LogP contribution in [0.3, 0.4) is 0 Å². The molecule has 17 heavy (non-hydrogen) atoms. The molecule has 0 aliphatic carbocycles. The van der Waals surface area contributed by atoms with Gasteiger partial charge < -0.3 is 14.9 Å². The van der Waals surface area contributed by atoms with Crippen molar-refractivity contribution in [3.63, 3.8) is 0 Å². The maximum absolute atomic E-state index is 12.8. The van der Waals surface area contributed by atoms with Crippen molar-refractivity contribution in [1.29, 1.82) is 5.26 Å². The molecule has 0 atom stereocenters. The average molecular weight is 243 g/mol. The summed E-state index contributed by atoms with van der Waals surface area (Å²) in [6.07, 6.45) is -2.66. The van der Waals surface area contributed by atoms with E-state index < -0.39 is 34.7 Å². The summed E-state index contributed by atoms with van der Waals surface area (Å²) in [6, 6.07) is 1.59. The number of aromatic nitrogens is 1. The van der Waals surface area contributed by atoms with Gasteiger partial charge >= 0.3 is 5.82 Å². The van der Waals surface area contributed by atoms with Crippen molar-refractivity contribution < 1.29 is 18.4 Å². The fourth-order valence-corrected chi connectivity index (χ4v) is 1.35. The van der Waals surface area contributed by atoms with E-state index in [2.05, 4.69) is 9.72 Å². The van der Waals surface area contributed by atoms with Gasteiger partial charge in [0.25, 0.3) is 6.43 Å². The predicted molar refractivity (Wildman–Crippen MR) is 51.7 cm³/mol. The molecule has 0 aliphatic heterocycles. The van der Waals surface area contributed by atoms with E-state index in [1.54, 1.807) is 6.07 Å². The highest BCUT2D eigenvalue weighted by atomic mass is 19.3. The number of methoxy groups -OCH3 is 1. The standard InChI is InChI=1S/C9H7F2N3O3/c1-17-6-4-13-9(14(15)16)5(2-3-12)7(6)8(10)11/h4,8H,2H2,1H3. The smallest absolute Gasteiger partial charge is 0.368 e. The quantitative estimate of drug-likeness (QED) is 0.596. The minimum Gasteiger partial charge on any atom is -0.492 e. The lowest BCUT2D eigenvalue weighted by Gasteiger charge is -2.09. The summed E-state index contributed by atoms with van der Waals surface area (Å²) in [7, 11) is 1.14. The molecule has 1 rings (SSSR count). The summed E-state index contributed by atoms with van der Waals surface area (Å²) in [4.78, 5) is 13.1. The van der Waals surface area contributed by atoms with Crippen LogP contribution in [0.4, 0.5) is 14.6 Å². The van der Waals surface area contributed by atoms with Gasteiger partial charge in [-0.3, -0.25) is 0 Å². The Kier molecular flexibility index (Phi) is 3.87. The Bertz CT molecular complexity index is 485. The molecule has 0 aliphatic rings. The Hall–Kier alpha value is -2.30. The van der Waals surface area contributed by atoms with Crippen LogP contribution in [-0.2, 0) is 6.42 Å². The topological polar surface area (TPSA) is 89.1 Å². The van der Waals surface area contributed by atoms with Gasteiger partial charge in [-0.2, -0.15) is 5.26 Å². The predicted octanol–water partition coefficient (Wildman–Crippen LogP) is 2.00. The number of hydrogen-bond acceptors (Lipinski definition) is 5. The Morgan fingerprint density at radius 1 is 1.71 bits per heavy atom. The molecule has 0 radical (unpaired) electrons. The molecule has 0 saturated carbocycles. The van der Waals surface area contributed by atoms with Gasteiger partial charge in [-0.1, -0.05) is 0 Å². The molecule has 1 heterocycles. The number of alkyl halides is 2. The van der Waals surface area contributed by atoms with Crippen LogP contribution < -0.4 is 4.74 Å². The molecule has 0 bridgehead atoms. The summed E-state index contributed by atoms with van der Waals surface area (Å²) in [5, 5.41) is 19.1. The highest BCUT2D eigenvalue weighted by Crippen LogP contribution is 2.35. The maximum atomic E-state index is 12.8. The molecule has 1 aromatic heterocycles. The molecule has 0 aromatic carbocycles. The van der Waals surface area contributed by atoms with E-state index in [4.69, 9.17) is 5.26 Å². The van der Waals surface area contributed by atoms with Crippen LogP contribution >= 0.6 is 0 Å². The lowest BCUT2D eigenvalue weighted by atomic mass is 10.1. The minimum atomic E-state index is -2.98. The lowest BCUT2D eigenvalue weighted by Crippen LogP contribution is -2.05. The summed E-state index contributed by atoms with van der Waals surface area (Å²) in [5.41, 5.74) is -1.07. The SMILES string of the molecule is COc1cnc([N+](=O)[O-])c(CC#N)c1C(F)F. The zero-order valence-corrected chi connectivity index (χ0v) is 8.68. The lowest BCUT2D eigenvalue weighted by molar-refractivity contribution is -0.390. The number of nitro groups is 1. The fraction of sp³-hybridized carbons (Fsp3) is 0.333. The van der Waals surface area contributed by atoms with Gasteiger partial charge in [0.1, 0.15) is 0 Å². The number of hydrogen-bond donors (Lipinski definition) is 0. The molecular formula is C9H7F2N3O3. The largest absolute Gasteiger partial charge is 0.492 e. The summed E-state index contributed by atoms with van der Waals surface area (Å²) >= 11 is 0. The van der Waals surface area contributed by atoms with Gasteiger partial charge in [-0.15, -0.1) is 0 Å². The van der Waals surface area contributed by atoms with Gasteiger partial charge in [0.05, 0.1) is 30.7 Å². The third-order valence-corrected chi connectivity index (χ3v) is 2.03. The van der Waals surface area contributed by atoms with Gasteiger partial charge in [0.2, 0.25) is 0 Å². The van der Waals surface area contributed by atoms with Crippen molar-refractivity contribution in [2.75, 3.05) is 7.11 Å². The van der Waals surface area contributed by atoms with Crippen LogP contribution in [-0.4, -0.2) is 17.0 Å². The van der Waals surface area contributed by atoms with E-state index in [1.165, 1.54) is 0 Å². The minimum absolute atomic E-state index is 0.268. The Morgan fingerprint density at radius 2 is 2.35 bits per heavy atom. The van der Waals surface area contributed by atoms with E-state index in [0.29, 0.717) is 0 Å². The van der Waals surface area contributed by atoms with Crippen LogP contribution in [0.1, 0.15) is 17.6 Å². The molecule has 0 fully saturated rings. The number of nitriles is 1. The maximum Gasteiger partial charge on any atom is 0.368 e. The van der Waals surface area contributed by atoms with E-state index in [1.807, 2.05) is 0 Å². The van der Waals surface area contributed by atoms with Crippen molar-refractivity contribution in [2.45, 2.75) is 12.8 Å². The number of ether oxygens (including phenoxy) is 1. The van der Waals surface area contributed by atoms with E-state index in [9.17, 15) is 18.9 Å². The fourth-order valence-electron chi connectivity index (χ4n) is 1.35. The molecule has 0 saturated heterocycles. The van der Waals surface area contributed by atoms with Crippen LogP contribution in [0.5, 0.6) is 5.75 Å². The Balaban J connectivity index is 3.54. The number of pyridine rings is 1. The van der Waals surface area contributed by atoms with Gasteiger partial charge in [-0.25, -0.2) is 8.78 Å². The van der Waals surface area contributed by atoms with Crippen LogP contribution in [0.25, 0.3) is 0 Å². The second-order valence-electron chi connectivity index (χ2n) is 2.94. The molecule has 0 spiro atoms. The third-order valence-electron chi connectivity index (χ3n) is 2.03. The summed E-state index contributed by atoms with van der Waals surface area (Å²) in [6.45, 7) is 0. The molecule has 6 nitrogen and oxygen atoms in total. The first-order chi connectivity index (χ1) is 8.02. The van der Waals surface area contributed by atoms with Crippen molar-refractivity contribution in [1.82, 2.24) is 4.98 Å². The van der Waals surface area contributed by atoms with Crippen molar-refractivity contribution in [3.05, 3.63) is 27.4 Å². The molecule has 0 amide bonds. The van der Waals surface area contributed by atoms with E-state index >= 15 is 0 Å². The molecule has 8 heteroatoms. The van der Waals surface area contributed by atoms with E-state index in [-0.39, 0.29) is 5.75 Å². The van der Waals surface area contributed by atoms with Gasteiger partial charge in [0, 0.05) is 0 Å². The van der Waals surface area contributed by atoms with Crippen molar-refractivity contribution in [3.8, 4) is 11.8 Å². The van der Waals surface area contributed by atoms with Gasteiger partial charge in [-0.05, 0) is 9.91 Å². The monoisotopic (exact) mass is 243 g/mol. The second kappa shape index (κ2) is 5.16. The van der Waals surface area contributed by atoms with Crippen LogP contribution in [0.2, 0.25) is 0 Å². The molecule has 0 unspecified atom stereocenters. The third kappa shape index (κ3) is 2.44. The Morgan fingerprint density at radius 3 is 2.76 bits per heavy atom. The summed E-state index contributed by atoms with van der Waals surface area (Å²) < 4.78 is 30.3. The van der Waals surface area contributed by atoms with Crippen molar-refractivity contribution >= 4 is 5.82 Å². The molecule has 1 aromatic rings. The number of nitrogens with zero attached hydrogens (tertiary/aromatic N) is 3. The Labute approximate surface area is 94.6 Å². The molecule has 0 N–H and O–H groups in total.